The molecule has 16 nitrogen and oxygen atoms in total. The molecule has 0 aliphatic carbocycles. The number of pyridine rings is 1. The second-order valence-corrected chi connectivity index (χ2v) is 8.90. The molecule has 3 heterocycles. The number of nitrogens with two attached hydrogens (primary N) is 1. The van der Waals surface area contributed by atoms with E-state index >= 15 is 0 Å². The van der Waals surface area contributed by atoms with Gasteiger partial charge in [0.2, 0.25) is 5.43 Å². The highest BCUT2D eigenvalue weighted by molar-refractivity contribution is 7.50. The molecule has 1 aliphatic rings. The minimum absolute atomic E-state index is 0.0199. The van der Waals surface area contributed by atoms with E-state index in [0.29, 0.717) is 9.40 Å². The van der Waals surface area contributed by atoms with Crippen molar-refractivity contribution < 1.29 is 39.1 Å². The van der Waals surface area contributed by atoms with Gasteiger partial charge < -0.3 is 41.0 Å². The Kier molecular flexibility index (Phi) is 5.93. The Bertz CT molecular complexity index is 1250. The predicted octanol–water partition coefficient (Wildman–Crippen LogP) is -1.78. The lowest BCUT2D eigenvalue weighted by atomic mass is 9.85. The molecule has 0 aromatic carbocycles. The average Bonchev–Trinajstić information content (AvgIpc) is 3.11. The Balaban J connectivity index is 1.82. The number of hydrogen-bond acceptors (Lipinski definition) is 10. The first-order chi connectivity index (χ1) is 15.2. The fourth-order valence-electron chi connectivity index (χ4n) is 3.16. The van der Waals surface area contributed by atoms with Crippen molar-refractivity contribution in [3.8, 4) is 5.75 Å². The van der Waals surface area contributed by atoms with E-state index in [-0.39, 0.29) is 17.3 Å². The Hall–Kier alpha value is -3.88. The smallest absolute Gasteiger partial charge is 0.432 e. The molecule has 1 saturated heterocycles. The minimum Gasteiger partial charge on any atom is -0.503 e. The quantitative estimate of drug-likeness (QED) is 0.0759. The van der Waals surface area contributed by atoms with Gasteiger partial charge in [-0.15, -0.1) is 0 Å². The first kappa shape index (κ1) is 23.8. The molecule has 178 valence electrons. The van der Waals surface area contributed by atoms with Gasteiger partial charge in [0.15, 0.2) is 24.0 Å². The number of nitrogens with one attached hydrogen (secondary N) is 2. The second kappa shape index (κ2) is 8.23. The molecule has 0 bridgehead atoms. The van der Waals surface area contributed by atoms with Crippen molar-refractivity contribution in [1.29, 1.82) is 0 Å². The lowest BCUT2D eigenvalue weighted by Gasteiger charge is -2.52. The molecule has 0 spiro atoms. The van der Waals surface area contributed by atoms with E-state index < -0.39 is 54.6 Å². The summed E-state index contributed by atoms with van der Waals surface area (Å²) in [5.41, 5.74) is 2.74. The third-order valence-corrected chi connectivity index (χ3v) is 6.00. The lowest BCUT2D eigenvalue weighted by Crippen LogP contribution is -2.75. The summed E-state index contributed by atoms with van der Waals surface area (Å²) in [6, 6.07) is -0.409. The summed E-state index contributed by atoms with van der Waals surface area (Å²) in [6.45, 7) is 2.20. The number of carbonyl (C=O) groups is 2. The zero-order valence-electron chi connectivity index (χ0n) is 17.2. The monoisotopic (exact) mass is 485 g/mol. The van der Waals surface area contributed by atoms with Crippen LogP contribution in [0.4, 0.5) is 5.95 Å². The maximum absolute atomic E-state index is 12.8. The fourth-order valence-corrected chi connectivity index (χ4v) is 4.32. The third kappa shape index (κ3) is 4.52. The van der Waals surface area contributed by atoms with Crippen LogP contribution < -0.4 is 16.5 Å². The highest BCUT2D eigenvalue weighted by Crippen LogP contribution is 2.52. The maximum Gasteiger partial charge on any atom is 0.432 e. The molecule has 2 aromatic rings. The fraction of sp³-hybridized carbons (Fsp3) is 0.312. The van der Waals surface area contributed by atoms with Crippen molar-refractivity contribution in [3.63, 3.8) is 0 Å². The molecule has 2 amide bonds. The number of carbonyl (C=O) groups excluding carboxylic acids is 2. The standard InChI is InChI=1S/C16H20N7O9P/c1-16(2)12(14(27)23(16)33(29,30)31)20-13(26)11(8-4-18-15(17)19-8)21-32-6-7-3-9(24)10(25)5-22(7)28/h3-5,12,25,28H,6H2,1-2H3,(H,20,26)(H3,17,18,19)(H2,29,30,31)/b21-11-/t12-/m1/s1. The van der Waals surface area contributed by atoms with Crippen LogP contribution >= 0.6 is 7.75 Å². The predicted molar refractivity (Wildman–Crippen MR) is 109 cm³/mol. The highest BCUT2D eigenvalue weighted by Gasteiger charge is 2.61. The summed E-state index contributed by atoms with van der Waals surface area (Å²) in [7, 11) is -4.90. The van der Waals surface area contributed by atoms with Gasteiger partial charge in [0, 0.05) is 6.07 Å². The number of aromatic hydroxyl groups is 1. The van der Waals surface area contributed by atoms with Gasteiger partial charge in [-0.25, -0.2) is 14.2 Å². The van der Waals surface area contributed by atoms with Crippen LogP contribution in [-0.2, 0) is 25.6 Å². The van der Waals surface area contributed by atoms with Crippen LogP contribution in [0.25, 0.3) is 0 Å². The van der Waals surface area contributed by atoms with Gasteiger partial charge in [-0.1, -0.05) is 5.16 Å². The number of anilines is 1. The molecule has 17 heteroatoms. The van der Waals surface area contributed by atoms with E-state index in [4.69, 9.17) is 10.6 Å². The van der Waals surface area contributed by atoms with Crippen LogP contribution in [0.1, 0.15) is 25.2 Å². The number of nitrogen functional groups attached to an aromatic ring is 1. The third-order valence-electron chi connectivity index (χ3n) is 4.77. The van der Waals surface area contributed by atoms with Crippen LogP contribution in [0, 0.1) is 0 Å². The molecule has 1 aliphatic heterocycles. The number of amides is 2. The molecule has 1 fully saturated rings. The van der Waals surface area contributed by atoms with Gasteiger partial charge in [0.05, 0.1) is 23.6 Å². The van der Waals surface area contributed by atoms with Gasteiger partial charge >= 0.3 is 7.75 Å². The van der Waals surface area contributed by atoms with Gasteiger partial charge in [0.1, 0.15) is 11.7 Å². The number of β-lactam (4-membered cyclic amide) rings is 1. The van der Waals surface area contributed by atoms with E-state index in [1.54, 1.807) is 0 Å². The Morgan fingerprint density at radius 3 is 2.64 bits per heavy atom. The van der Waals surface area contributed by atoms with Crippen LogP contribution in [0.3, 0.4) is 0 Å². The number of aromatic amines is 1. The Morgan fingerprint density at radius 1 is 1.42 bits per heavy atom. The number of oxime groups is 1. The van der Waals surface area contributed by atoms with E-state index in [9.17, 15) is 39.0 Å². The molecule has 0 saturated carbocycles. The molecule has 0 radical (unpaired) electrons. The maximum atomic E-state index is 12.8. The number of nitrogens with zero attached hydrogens (tertiary/aromatic N) is 4. The van der Waals surface area contributed by atoms with Crippen LogP contribution in [0.2, 0.25) is 0 Å². The zero-order chi connectivity index (χ0) is 24.7. The number of aromatic nitrogens is 3. The molecular formula is C16H20N7O9P. The number of rotatable bonds is 7. The van der Waals surface area contributed by atoms with Crippen LogP contribution in [0.15, 0.2) is 28.4 Å². The van der Waals surface area contributed by atoms with Crippen LogP contribution in [-0.4, -0.2) is 68.6 Å². The topological polar surface area (TPSA) is 246 Å². The molecule has 3 rings (SSSR count). The number of H-pyrrole nitrogens is 1. The summed E-state index contributed by atoms with van der Waals surface area (Å²) >= 11 is 0. The molecular weight excluding hydrogens is 465 g/mol. The number of hydrogen-bond donors (Lipinski definition) is 7. The summed E-state index contributed by atoms with van der Waals surface area (Å²) in [4.78, 5) is 66.6. The summed E-state index contributed by atoms with van der Waals surface area (Å²) < 4.78 is 12.3. The zero-order valence-corrected chi connectivity index (χ0v) is 18.1. The van der Waals surface area contributed by atoms with Crippen molar-refractivity contribution in [1.82, 2.24) is 24.7 Å². The van der Waals surface area contributed by atoms with Crippen molar-refractivity contribution >= 4 is 31.2 Å². The largest absolute Gasteiger partial charge is 0.503 e. The van der Waals surface area contributed by atoms with Crippen molar-refractivity contribution in [2.45, 2.75) is 32.0 Å². The molecule has 8 N–H and O–H groups in total. The van der Waals surface area contributed by atoms with Gasteiger partial charge in [-0.3, -0.25) is 14.4 Å². The first-order valence-corrected chi connectivity index (χ1v) is 10.7. The highest BCUT2D eigenvalue weighted by atomic mass is 31.2. The molecule has 1 atom stereocenters. The SMILES string of the molecule is CC1(C)[C@H](NC(=O)/C(=N\OCc2cc(=O)c(O)cn2O)c2cnc(N)[nH]2)C(=O)N1P(=O)(O)O. The van der Waals surface area contributed by atoms with E-state index in [1.165, 1.54) is 13.8 Å². The molecule has 2 aromatic heterocycles. The van der Waals surface area contributed by atoms with E-state index in [2.05, 4.69) is 20.4 Å². The number of imidazole rings is 1. The normalized spacial score (nSPS) is 18.1. The van der Waals surface area contributed by atoms with Gasteiger partial charge in [-0.2, -0.15) is 4.73 Å². The van der Waals surface area contributed by atoms with Crippen molar-refractivity contribution in [2.24, 2.45) is 5.16 Å². The van der Waals surface area contributed by atoms with Crippen LogP contribution in [0.5, 0.6) is 5.75 Å². The minimum atomic E-state index is -4.90. The van der Waals surface area contributed by atoms with E-state index in [1.807, 2.05) is 0 Å². The lowest BCUT2D eigenvalue weighted by molar-refractivity contribution is -0.152. The van der Waals surface area contributed by atoms with E-state index in [0.717, 1.165) is 18.5 Å². The molecule has 0 unspecified atom stereocenters. The second-order valence-electron chi connectivity index (χ2n) is 7.48. The Labute approximate surface area is 184 Å². The van der Waals surface area contributed by atoms with Gasteiger partial charge in [-0.05, 0) is 13.8 Å². The average molecular weight is 485 g/mol. The van der Waals surface area contributed by atoms with Crippen molar-refractivity contribution in [2.75, 3.05) is 5.73 Å². The van der Waals surface area contributed by atoms with Crippen molar-refractivity contribution in [3.05, 3.63) is 40.1 Å². The summed E-state index contributed by atoms with van der Waals surface area (Å²) in [6.07, 6.45) is 1.89. The molecule has 33 heavy (non-hydrogen) atoms. The Morgan fingerprint density at radius 2 is 2.09 bits per heavy atom. The summed E-state index contributed by atoms with van der Waals surface area (Å²) in [5, 5.41) is 25.0. The van der Waals surface area contributed by atoms with Gasteiger partial charge in [0.25, 0.3) is 11.8 Å². The summed E-state index contributed by atoms with van der Waals surface area (Å²) in [5.74, 6) is -2.74. The first-order valence-electron chi connectivity index (χ1n) is 9.09.